The van der Waals surface area contributed by atoms with Gasteiger partial charge in [0.15, 0.2) is 40.6 Å². The SMILES string of the molecule is COc1cc2c(cc1OCCCCCCOc1c(OC)cc(C3=NOC(c4cc(OC)c(OC)c(OC)c4)C3)cc1OC)N=C[C@@H]1CCCN1C2=O. The van der Waals surface area contributed by atoms with Crippen LogP contribution in [0.1, 0.15) is 72.5 Å². The summed E-state index contributed by atoms with van der Waals surface area (Å²) in [6, 6.07) is 11.1. The Labute approximate surface area is 304 Å². The minimum absolute atomic E-state index is 0.00620. The first-order valence-corrected chi connectivity index (χ1v) is 17.5. The highest BCUT2D eigenvalue weighted by molar-refractivity contribution is 6.04. The zero-order chi connectivity index (χ0) is 36.6. The van der Waals surface area contributed by atoms with Crippen molar-refractivity contribution in [2.24, 2.45) is 10.1 Å². The Hall–Kier alpha value is -5.33. The molecule has 1 saturated heterocycles. The van der Waals surface area contributed by atoms with Crippen molar-refractivity contribution in [2.75, 3.05) is 62.4 Å². The second kappa shape index (κ2) is 16.8. The van der Waals surface area contributed by atoms with Gasteiger partial charge in [0, 0.05) is 36.4 Å². The molecule has 0 radical (unpaired) electrons. The van der Waals surface area contributed by atoms with Crippen molar-refractivity contribution in [1.29, 1.82) is 0 Å². The van der Waals surface area contributed by atoms with Gasteiger partial charge >= 0.3 is 0 Å². The molecular weight excluding hydrogens is 670 g/mol. The van der Waals surface area contributed by atoms with Crippen LogP contribution in [0.2, 0.25) is 0 Å². The molecule has 3 aromatic carbocycles. The van der Waals surface area contributed by atoms with Gasteiger partial charge in [-0.15, -0.1) is 0 Å². The van der Waals surface area contributed by atoms with Crippen LogP contribution in [0.15, 0.2) is 46.5 Å². The average molecular weight is 718 g/mol. The van der Waals surface area contributed by atoms with E-state index in [0.717, 1.165) is 61.9 Å². The van der Waals surface area contributed by atoms with Crippen molar-refractivity contribution in [3.05, 3.63) is 53.1 Å². The predicted octanol–water partition coefficient (Wildman–Crippen LogP) is 6.94. The molecule has 3 aliphatic rings. The number of carbonyl (C=O) groups is 1. The van der Waals surface area contributed by atoms with Crippen molar-refractivity contribution >= 4 is 23.5 Å². The number of methoxy groups -OCH3 is 6. The van der Waals surface area contributed by atoms with Crippen LogP contribution >= 0.6 is 0 Å². The fraction of sp³-hybridized carbons (Fsp3) is 0.462. The summed E-state index contributed by atoms with van der Waals surface area (Å²) in [5.41, 5.74) is 3.57. The van der Waals surface area contributed by atoms with Crippen molar-refractivity contribution in [3.8, 4) is 46.0 Å². The second-order valence-electron chi connectivity index (χ2n) is 12.6. The summed E-state index contributed by atoms with van der Waals surface area (Å²) >= 11 is 0. The molecule has 13 nitrogen and oxygen atoms in total. The number of rotatable bonds is 17. The van der Waals surface area contributed by atoms with Gasteiger partial charge in [0.2, 0.25) is 11.5 Å². The van der Waals surface area contributed by atoms with Crippen LogP contribution in [0.4, 0.5) is 5.69 Å². The summed E-state index contributed by atoms with van der Waals surface area (Å²) in [7, 11) is 9.51. The van der Waals surface area contributed by atoms with Gasteiger partial charge in [-0.25, -0.2) is 0 Å². The first-order valence-electron chi connectivity index (χ1n) is 17.5. The molecule has 0 aliphatic carbocycles. The Morgan fingerprint density at radius 1 is 0.712 bits per heavy atom. The molecule has 0 spiro atoms. The van der Waals surface area contributed by atoms with Gasteiger partial charge < -0.3 is 47.6 Å². The van der Waals surface area contributed by atoms with Crippen molar-refractivity contribution < 1.29 is 47.5 Å². The first-order chi connectivity index (χ1) is 25.4. The van der Waals surface area contributed by atoms with E-state index in [0.29, 0.717) is 76.9 Å². The smallest absolute Gasteiger partial charge is 0.256 e. The molecule has 6 rings (SSSR count). The maximum atomic E-state index is 13.1. The number of ether oxygens (including phenoxy) is 8. The maximum absolute atomic E-state index is 13.1. The summed E-state index contributed by atoms with van der Waals surface area (Å²) in [5.74, 6) is 4.35. The first kappa shape index (κ1) is 36.5. The van der Waals surface area contributed by atoms with Crippen LogP contribution in [0, 0.1) is 0 Å². The lowest BCUT2D eigenvalue weighted by atomic mass is 9.99. The van der Waals surface area contributed by atoms with E-state index >= 15 is 0 Å². The summed E-state index contributed by atoms with van der Waals surface area (Å²) in [5, 5.41) is 4.39. The number of nitrogens with zero attached hydrogens (tertiary/aromatic N) is 3. The number of benzene rings is 3. The molecule has 2 atom stereocenters. The van der Waals surface area contributed by atoms with E-state index in [4.69, 9.17) is 42.7 Å². The molecule has 1 unspecified atom stereocenters. The van der Waals surface area contributed by atoms with Crippen molar-refractivity contribution in [1.82, 2.24) is 4.90 Å². The highest BCUT2D eigenvalue weighted by Gasteiger charge is 2.33. The second-order valence-corrected chi connectivity index (χ2v) is 12.6. The Morgan fingerprint density at radius 3 is 1.98 bits per heavy atom. The number of amides is 1. The Balaban J connectivity index is 0.993. The molecule has 0 aromatic heterocycles. The minimum Gasteiger partial charge on any atom is -0.493 e. The Morgan fingerprint density at radius 2 is 1.35 bits per heavy atom. The largest absolute Gasteiger partial charge is 0.493 e. The molecule has 0 bridgehead atoms. The number of carbonyl (C=O) groups excluding carboxylic acids is 1. The molecule has 1 amide bonds. The Bertz CT molecular complexity index is 1760. The highest BCUT2D eigenvalue weighted by Crippen LogP contribution is 2.44. The third kappa shape index (κ3) is 7.63. The number of hydrogen-bond acceptors (Lipinski definition) is 12. The topological polar surface area (TPSA) is 128 Å². The predicted molar refractivity (Wildman–Crippen MR) is 195 cm³/mol. The van der Waals surface area contributed by atoms with E-state index in [1.165, 1.54) is 0 Å². The monoisotopic (exact) mass is 717 g/mol. The number of hydrogen-bond donors (Lipinski definition) is 0. The lowest BCUT2D eigenvalue weighted by Gasteiger charge is -2.20. The Kier molecular flexibility index (Phi) is 11.8. The summed E-state index contributed by atoms with van der Waals surface area (Å²) < 4.78 is 45.8. The average Bonchev–Trinajstić information content (AvgIpc) is 3.85. The lowest BCUT2D eigenvalue weighted by Crippen LogP contribution is -2.35. The standard InChI is InChI=1S/C39H47N3O10/c1-44-31-20-27-29(40-23-26-12-11-13-42(26)39(27)43)22-32(31)50-14-9-7-8-10-15-51-38-35(47-4)16-24(17-36(38)48-5)28-21-30(52-41-28)25-18-33(45-2)37(49-6)34(19-25)46-3/h16-20,22-23,26,30H,7-15,21H2,1-6H3/t26-,30?/m0/s1. The molecule has 13 heteroatoms. The molecule has 3 aromatic rings. The van der Waals surface area contributed by atoms with E-state index < -0.39 is 0 Å². The van der Waals surface area contributed by atoms with Crippen LogP contribution in [-0.2, 0) is 4.84 Å². The number of aliphatic imine (C=N–C) groups is 1. The number of unbranched alkanes of at least 4 members (excludes halogenated alkanes) is 3. The van der Waals surface area contributed by atoms with Gasteiger partial charge in [-0.05, 0) is 68.9 Å². The van der Waals surface area contributed by atoms with Gasteiger partial charge in [0.05, 0.1) is 78.9 Å². The van der Waals surface area contributed by atoms with E-state index in [9.17, 15) is 4.79 Å². The van der Waals surface area contributed by atoms with Crippen LogP contribution in [-0.4, -0.2) is 91.2 Å². The van der Waals surface area contributed by atoms with Gasteiger partial charge in [0.1, 0.15) is 0 Å². The molecule has 3 aliphatic heterocycles. The zero-order valence-corrected chi connectivity index (χ0v) is 30.7. The number of oxime groups is 1. The van der Waals surface area contributed by atoms with Crippen LogP contribution in [0.3, 0.4) is 0 Å². The minimum atomic E-state index is -0.343. The molecule has 278 valence electrons. The molecule has 1 fully saturated rings. The normalized spacial score (nSPS) is 17.4. The van der Waals surface area contributed by atoms with Crippen LogP contribution < -0.4 is 37.9 Å². The van der Waals surface area contributed by atoms with Gasteiger partial charge in [-0.3, -0.25) is 9.79 Å². The summed E-state index contributed by atoms with van der Waals surface area (Å²) in [6.07, 6.45) is 7.56. The van der Waals surface area contributed by atoms with Crippen molar-refractivity contribution in [3.63, 3.8) is 0 Å². The molecule has 0 saturated carbocycles. The molecule has 52 heavy (non-hydrogen) atoms. The maximum Gasteiger partial charge on any atom is 0.256 e. The van der Waals surface area contributed by atoms with E-state index in [2.05, 4.69) is 10.1 Å². The lowest BCUT2D eigenvalue weighted by molar-refractivity contribution is 0.0774. The number of fused-ring (bicyclic) bond motifs is 2. The zero-order valence-electron chi connectivity index (χ0n) is 30.7. The quantitative estimate of drug-likeness (QED) is 0.136. The van der Waals surface area contributed by atoms with E-state index in [-0.39, 0.29) is 18.1 Å². The van der Waals surface area contributed by atoms with Crippen LogP contribution in [0.25, 0.3) is 0 Å². The fourth-order valence-electron chi connectivity index (χ4n) is 6.74. The highest BCUT2D eigenvalue weighted by atomic mass is 16.6. The van der Waals surface area contributed by atoms with Crippen molar-refractivity contribution in [2.45, 2.75) is 57.1 Å². The molecular formula is C39H47N3O10. The van der Waals surface area contributed by atoms with E-state index in [1.807, 2.05) is 41.4 Å². The third-order valence-corrected chi connectivity index (χ3v) is 9.52. The molecule has 3 heterocycles. The third-order valence-electron chi connectivity index (χ3n) is 9.52. The molecule has 0 N–H and O–H groups in total. The van der Waals surface area contributed by atoms with E-state index in [1.54, 1.807) is 48.7 Å². The van der Waals surface area contributed by atoms with Crippen LogP contribution in [0.5, 0.6) is 46.0 Å². The van der Waals surface area contributed by atoms with Gasteiger partial charge in [-0.1, -0.05) is 5.16 Å². The summed E-state index contributed by atoms with van der Waals surface area (Å²) in [6.45, 7) is 1.75. The van der Waals surface area contributed by atoms with Gasteiger partial charge in [0.25, 0.3) is 5.91 Å². The van der Waals surface area contributed by atoms with Gasteiger partial charge in [-0.2, -0.15) is 0 Å². The summed E-state index contributed by atoms with van der Waals surface area (Å²) in [4.78, 5) is 25.5. The fourth-order valence-corrected chi connectivity index (χ4v) is 6.74.